The molecule has 1 aromatic carbocycles. The van der Waals surface area contributed by atoms with E-state index in [0.717, 1.165) is 18.4 Å². The number of benzene rings is 1. The predicted molar refractivity (Wildman–Crippen MR) is 58.8 cm³/mol. The third-order valence-corrected chi connectivity index (χ3v) is 3.30. The Morgan fingerprint density at radius 1 is 1.27 bits per heavy atom. The summed E-state index contributed by atoms with van der Waals surface area (Å²) in [4.78, 5) is 11.8. The Morgan fingerprint density at radius 3 is 3.07 bits per heavy atom. The highest BCUT2D eigenvalue weighted by Crippen LogP contribution is 2.33. The second-order valence-electron chi connectivity index (χ2n) is 4.20. The van der Waals surface area contributed by atoms with Crippen LogP contribution in [0.2, 0.25) is 0 Å². The Morgan fingerprint density at radius 2 is 2.13 bits per heavy atom. The van der Waals surface area contributed by atoms with Gasteiger partial charge in [-0.25, -0.2) is 0 Å². The fourth-order valence-electron chi connectivity index (χ4n) is 2.56. The first-order chi connectivity index (χ1) is 7.36. The normalized spacial score (nSPS) is 27.9. The highest BCUT2D eigenvalue weighted by Gasteiger charge is 2.32. The zero-order chi connectivity index (χ0) is 10.3. The zero-order valence-corrected chi connectivity index (χ0v) is 8.44. The van der Waals surface area contributed by atoms with Gasteiger partial charge < -0.3 is 5.32 Å². The number of hydrogen-bond acceptors (Lipinski definition) is 1. The van der Waals surface area contributed by atoms with Gasteiger partial charge in [-0.3, -0.25) is 4.79 Å². The number of nitrogens with one attached hydrogen (secondary N) is 1. The fraction of sp³-hybridized carbons (Fsp3) is 0.308. The molecule has 1 aliphatic carbocycles. The first-order valence-electron chi connectivity index (χ1n) is 5.43. The van der Waals surface area contributed by atoms with Crippen molar-refractivity contribution in [3.05, 3.63) is 47.5 Å². The lowest BCUT2D eigenvalue weighted by Crippen LogP contribution is -2.44. The summed E-state index contributed by atoms with van der Waals surface area (Å²) in [5.41, 5.74) is 2.02. The van der Waals surface area contributed by atoms with Crippen molar-refractivity contribution in [2.24, 2.45) is 0 Å². The van der Waals surface area contributed by atoms with Crippen molar-refractivity contribution in [3.63, 3.8) is 0 Å². The second-order valence-corrected chi connectivity index (χ2v) is 4.20. The van der Waals surface area contributed by atoms with Gasteiger partial charge in [0.25, 0.3) is 5.91 Å². The lowest BCUT2D eigenvalue weighted by molar-refractivity contribution is 0.0916. The Kier molecular flexibility index (Phi) is 1.88. The molecule has 0 radical (unpaired) electrons. The molecule has 1 N–H and O–H groups in total. The molecule has 1 aromatic rings. The van der Waals surface area contributed by atoms with Gasteiger partial charge in [0.2, 0.25) is 0 Å². The first kappa shape index (κ1) is 8.72. The second kappa shape index (κ2) is 3.23. The number of allylic oxidation sites excluding steroid dienone is 1. The molecule has 2 nitrogen and oxygen atoms in total. The minimum Gasteiger partial charge on any atom is -0.348 e. The molecule has 2 heteroatoms. The molecular formula is C13H13NO. The van der Waals surface area contributed by atoms with Crippen molar-refractivity contribution in [3.8, 4) is 0 Å². The van der Waals surface area contributed by atoms with Gasteiger partial charge in [0.1, 0.15) is 0 Å². The van der Waals surface area contributed by atoms with Gasteiger partial charge in [-0.15, -0.1) is 0 Å². The van der Waals surface area contributed by atoms with Gasteiger partial charge in [0.15, 0.2) is 0 Å². The number of rotatable bonds is 0. The Balaban J connectivity index is 2.14. The summed E-state index contributed by atoms with van der Waals surface area (Å²) >= 11 is 0. The van der Waals surface area contributed by atoms with E-state index in [1.807, 2.05) is 18.2 Å². The van der Waals surface area contributed by atoms with Gasteiger partial charge in [0, 0.05) is 17.5 Å². The molecule has 3 rings (SSSR count). The zero-order valence-electron chi connectivity index (χ0n) is 8.44. The quantitative estimate of drug-likeness (QED) is 0.638. The Hall–Kier alpha value is -1.57. The average Bonchev–Trinajstić information content (AvgIpc) is 2.30. The van der Waals surface area contributed by atoms with Gasteiger partial charge >= 0.3 is 0 Å². The Labute approximate surface area is 89.0 Å². The topological polar surface area (TPSA) is 29.1 Å². The third-order valence-electron chi connectivity index (χ3n) is 3.30. The predicted octanol–water partition coefficient (Wildman–Crippen LogP) is 2.23. The van der Waals surface area contributed by atoms with Crippen LogP contribution in [-0.4, -0.2) is 11.9 Å². The van der Waals surface area contributed by atoms with E-state index in [4.69, 9.17) is 0 Å². The molecule has 0 fully saturated rings. The monoisotopic (exact) mass is 199 g/mol. The largest absolute Gasteiger partial charge is 0.348 e. The number of amides is 1. The van der Waals surface area contributed by atoms with Crippen molar-refractivity contribution >= 4 is 5.91 Å². The van der Waals surface area contributed by atoms with Crippen LogP contribution >= 0.6 is 0 Å². The lowest BCUT2D eigenvalue weighted by Gasteiger charge is -2.34. The summed E-state index contributed by atoms with van der Waals surface area (Å²) in [6.45, 7) is 0. The van der Waals surface area contributed by atoms with Gasteiger partial charge in [-0.2, -0.15) is 0 Å². The van der Waals surface area contributed by atoms with E-state index in [1.165, 1.54) is 5.56 Å². The number of fused-ring (bicyclic) bond motifs is 3. The molecule has 0 saturated carbocycles. The summed E-state index contributed by atoms with van der Waals surface area (Å²) in [6.07, 6.45) is 6.58. The van der Waals surface area contributed by atoms with E-state index >= 15 is 0 Å². The van der Waals surface area contributed by atoms with E-state index in [2.05, 4.69) is 23.5 Å². The summed E-state index contributed by atoms with van der Waals surface area (Å²) in [5.74, 6) is 0.467. The van der Waals surface area contributed by atoms with Crippen LogP contribution in [0.15, 0.2) is 36.4 Å². The maximum atomic E-state index is 11.8. The number of carbonyl (C=O) groups is 1. The molecule has 1 heterocycles. The highest BCUT2D eigenvalue weighted by atomic mass is 16.1. The third kappa shape index (κ3) is 1.29. The van der Waals surface area contributed by atoms with Crippen molar-refractivity contribution in [2.75, 3.05) is 0 Å². The van der Waals surface area contributed by atoms with Crippen LogP contribution < -0.4 is 5.32 Å². The Bertz CT molecular complexity index is 436. The average molecular weight is 199 g/mol. The van der Waals surface area contributed by atoms with Crippen molar-refractivity contribution in [1.82, 2.24) is 5.32 Å². The number of carbonyl (C=O) groups excluding carboxylic acids is 1. The molecule has 1 amide bonds. The van der Waals surface area contributed by atoms with Crippen LogP contribution in [-0.2, 0) is 0 Å². The molecule has 0 aromatic heterocycles. The van der Waals surface area contributed by atoms with E-state index in [-0.39, 0.29) is 5.91 Å². The van der Waals surface area contributed by atoms with Crippen molar-refractivity contribution < 1.29 is 4.79 Å². The molecule has 0 bridgehead atoms. The van der Waals surface area contributed by atoms with Crippen LogP contribution in [0.25, 0.3) is 0 Å². The van der Waals surface area contributed by atoms with Gasteiger partial charge in [-0.05, 0) is 24.5 Å². The van der Waals surface area contributed by atoms with E-state index in [9.17, 15) is 4.79 Å². The molecule has 15 heavy (non-hydrogen) atoms. The summed E-state index contributed by atoms with van der Waals surface area (Å²) in [5, 5.41) is 3.08. The maximum absolute atomic E-state index is 11.8. The standard InChI is InChI=1S/C13H13NO/c15-13-11-7-2-1-5-9(11)10-6-3-4-8-12(10)14-13/h1-3,5-7,10,12H,4,8H2,(H,14,15)/t10-,12+/m1/s1. The van der Waals surface area contributed by atoms with E-state index in [0.29, 0.717) is 12.0 Å². The van der Waals surface area contributed by atoms with Crippen molar-refractivity contribution in [1.29, 1.82) is 0 Å². The minimum absolute atomic E-state index is 0.0853. The molecule has 0 unspecified atom stereocenters. The van der Waals surface area contributed by atoms with Crippen LogP contribution in [0.1, 0.15) is 34.7 Å². The molecule has 1 aliphatic heterocycles. The van der Waals surface area contributed by atoms with Gasteiger partial charge in [-0.1, -0.05) is 30.4 Å². The lowest BCUT2D eigenvalue weighted by atomic mass is 9.79. The summed E-state index contributed by atoms with van der Waals surface area (Å²) in [7, 11) is 0. The fourth-order valence-corrected chi connectivity index (χ4v) is 2.56. The van der Waals surface area contributed by atoms with Crippen molar-refractivity contribution in [2.45, 2.75) is 24.8 Å². The molecular weight excluding hydrogens is 186 g/mol. The van der Waals surface area contributed by atoms with Crippen LogP contribution in [0, 0.1) is 0 Å². The van der Waals surface area contributed by atoms with E-state index in [1.54, 1.807) is 0 Å². The van der Waals surface area contributed by atoms with E-state index < -0.39 is 0 Å². The minimum atomic E-state index is 0.0853. The summed E-state index contributed by atoms with van der Waals surface area (Å²) in [6, 6.07) is 8.21. The van der Waals surface area contributed by atoms with Crippen LogP contribution in [0.3, 0.4) is 0 Å². The first-order valence-corrected chi connectivity index (χ1v) is 5.43. The van der Waals surface area contributed by atoms with Crippen LogP contribution in [0.4, 0.5) is 0 Å². The van der Waals surface area contributed by atoms with Gasteiger partial charge in [0.05, 0.1) is 0 Å². The molecule has 0 saturated heterocycles. The number of hydrogen-bond donors (Lipinski definition) is 1. The van der Waals surface area contributed by atoms with Crippen LogP contribution in [0.5, 0.6) is 0 Å². The SMILES string of the molecule is O=C1N[C@H]2CCC=C[C@@H]2c2ccccc21. The smallest absolute Gasteiger partial charge is 0.251 e. The highest BCUT2D eigenvalue weighted by molar-refractivity contribution is 5.97. The maximum Gasteiger partial charge on any atom is 0.251 e. The molecule has 2 aliphatic rings. The molecule has 76 valence electrons. The molecule has 2 atom stereocenters. The summed E-state index contributed by atoms with van der Waals surface area (Å²) < 4.78 is 0. The molecule has 0 spiro atoms.